The van der Waals surface area contributed by atoms with Crippen molar-refractivity contribution in [1.82, 2.24) is 10.2 Å². The van der Waals surface area contributed by atoms with Gasteiger partial charge in [0.2, 0.25) is 11.8 Å². The number of likely N-dealkylation sites (tertiary alicyclic amines) is 1. The summed E-state index contributed by atoms with van der Waals surface area (Å²) in [5, 5.41) is 11.7. The molecule has 0 aromatic heterocycles. The second-order valence-electron chi connectivity index (χ2n) is 7.15. The first-order valence-corrected chi connectivity index (χ1v) is 9.36. The molecular weight excluding hydrogens is 356 g/mol. The molecule has 2 fully saturated rings. The second kappa shape index (κ2) is 8.08. The molecule has 140 valence electrons. The van der Waals surface area contributed by atoms with E-state index >= 15 is 0 Å². The van der Waals surface area contributed by atoms with E-state index < -0.39 is 12.5 Å². The van der Waals surface area contributed by atoms with E-state index in [0.717, 1.165) is 31.4 Å². The third kappa shape index (κ3) is 4.75. The summed E-state index contributed by atoms with van der Waals surface area (Å²) in [5.74, 6) is -1.32. The van der Waals surface area contributed by atoms with Crippen LogP contribution in [0.4, 0.5) is 0 Å². The van der Waals surface area contributed by atoms with E-state index in [2.05, 4.69) is 5.32 Å². The van der Waals surface area contributed by atoms with Gasteiger partial charge in [0, 0.05) is 23.9 Å². The number of nitrogens with one attached hydrogen (secondary N) is 1. The molecular formula is C19H23ClN2O4. The Hall–Kier alpha value is -2.08. The van der Waals surface area contributed by atoms with Gasteiger partial charge in [0.15, 0.2) is 0 Å². The van der Waals surface area contributed by atoms with Crippen LogP contribution in [0.1, 0.15) is 43.7 Å². The lowest BCUT2D eigenvalue weighted by atomic mass is 9.86. The van der Waals surface area contributed by atoms with Crippen LogP contribution in [0.25, 0.3) is 0 Å². The standard InChI is InChI=1S/C19H23ClN2O4/c20-15-6-3-13(4-7-15)16-8-5-14(9-17(23)21-10-18(24)25)19(26)22(16)11-12-1-2-12/h3-4,6-7,12,14,16H,1-2,5,8-11H2,(H,21,23)(H,24,25)/t14?,16-/m0/s1. The SMILES string of the molecule is O=C(O)CNC(=O)CC1CC[C@@H](c2ccc(Cl)cc2)N(CC2CC2)C1=O. The summed E-state index contributed by atoms with van der Waals surface area (Å²) in [6.07, 6.45) is 3.73. The van der Waals surface area contributed by atoms with E-state index in [1.165, 1.54) is 0 Å². The molecule has 1 saturated carbocycles. The smallest absolute Gasteiger partial charge is 0.322 e. The molecule has 1 saturated heterocycles. The average molecular weight is 379 g/mol. The molecule has 0 bridgehead atoms. The number of aliphatic carboxylic acids is 1. The second-order valence-corrected chi connectivity index (χ2v) is 7.59. The van der Waals surface area contributed by atoms with E-state index in [4.69, 9.17) is 16.7 Å². The van der Waals surface area contributed by atoms with Crippen LogP contribution in [0.2, 0.25) is 5.02 Å². The quantitative estimate of drug-likeness (QED) is 0.763. The molecule has 2 N–H and O–H groups in total. The van der Waals surface area contributed by atoms with E-state index in [9.17, 15) is 14.4 Å². The van der Waals surface area contributed by atoms with Crippen LogP contribution in [0.15, 0.2) is 24.3 Å². The van der Waals surface area contributed by atoms with Gasteiger partial charge in [-0.15, -0.1) is 0 Å². The number of hydrogen-bond donors (Lipinski definition) is 2. The lowest BCUT2D eigenvalue weighted by Crippen LogP contribution is -2.46. The number of benzene rings is 1. The summed E-state index contributed by atoms with van der Waals surface area (Å²) in [5.41, 5.74) is 1.07. The van der Waals surface area contributed by atoms with Gasteiger partial charge in [0.25, 0.3) is 0 Å². The monoisotopic (exact) mass is 378 g/mol. The zero-order valence-corrected chi connectivity index (χ0v) is 15.2. The molecule has 1 heterocycles. The Bertz CT molecular complexity index is 687. The molecule has 2 atom stereocenters. The Balaban J connectivity index is 1.69. The molecule has 0 spiro atoms. The van der Waals surface area contributed by atoms with Gasteiger partial charge >= 0.3 is 5.97 Å². The van der Waals surface area contributed by atoms with Crippen molar-refractivity contribution in [2.24, 2.45) is 11.8 Å². The number of carboxylic acid groups (broad SMARTS) is 1. The number of carbonyl (C=O) groups is 3. The predicted octanol–water partition coefficient (Wildman–Crippen LogP) is 2.62. The van der Waals surface area contributed by atoms with Crippen molar-refractivity contribution in [3.8, 4) is 0 Å². The largest absolute Gasteiger partial charge is 0.480 e. The number of hydrogen-bond acceptors (Lipinski definition) is 3. The molecule has 6 nitrogen and oxygen atoms in total. The summed E-state index contributed by atoms with van der Waals surface area (Å²) in [6.45, 7) is 0.304. The summed E-state index contributed by atoms with van der Waals surface area (Å²) in [6, 6.07) is 7.60. The molecule has 1 aromatic rings. The first kappa shape index (κ1) is 18.7. The molecule has 1 unspecified atom stereocenters. The number of carboxylic acids is 1. The third-order valence-electron chi connectivity index (χ3n) is 5.07. The minimum atomic E-state index is -1.09. The van der Waals surface area contributed by atoms with Crippen molar-refractivity contribution in [3.63, 3.8) is 0 Å². The highest BCUT2D eigenvalue weighted by molar-refractivity contribution is 6.30. The van der Waals surface area contributed by atoms with Gasteiger partial charge in [-0.3, -0.25) is 14.4 Å². The first-order chi connectivity index (χ1) is 12.4. The van der Waals surface area contributed by atoms with E-state index in [0.29, 0.717) is 17.4 Å². The Labute approximate surface area is 157 Å². The molecule has 1 aromatic carbocycles. The maximum absolute atomic E-state index is 13.0. The van der Waals surface area contributed by atoms with Crippen molar-refractivity contribution >= 4 is 29.4 Å². The fourth-order valence-corrected chi connectivity index (χ4v) is 3.64. The van der Waals surface area contributed by atoms with Crippen LogP contribution in [-0.4, -0.2) is 40.9 Å². The molecule has 1 aliphatic carbocycles. The Kier molecular flexibility index (Phi) is 5.81. The molecule has 2 amide bonds. The number of rotatable bonds is 7. The maximum atomic E-state index is 13.0. The fourth-order valence-electron chi connectivity index (χ4n) is 3.51. The van der Waals surface area contributed by atoms with Gasteiger partial charge in [-0.2, -0.15) is 0 Å². The highest BCUT2D eigenvalue weighted by Gasteiger charge is 2.39. The Morgan fingerprint density at radius 2 is 1.85 bits per heavy atom. The van der Waals surface area contributed by atoms with E-state index in [1.54, 1.807) is 0 Å². The number of piperidine rings is 1. The molecule has 7 heteroatoms. The highest BCUT2D eigenvalue weighted by atomic mass is 35.5. The van der Waals surface area contributed by atoms with E-state index in [-0.39, 0.29) is 30.2 Å². The number of amides is 2. The summed E-state index contributed by atoms with van der Waals surface area (Å²) in [7, 11) is 0. The van der Waals surface area contributed by atoms with Crippen molar-refractivity contribution in [3.05, 3.63) is 34.9 Å². The van der Waals surface area contributed by atoms with Crippen LogP contribution in [-0.2, 0) is 14.4 Å². The van der Waals surface area contributed by atoms with Crippen molar-refractivity contribution in [2.45, 2.75) is 38.1 Å². The van der Waals surface area contributed by atoms with Gasteiger partial charge in [-0.1, -0.05) is 23.7 Å². The lowest BCUT2D eigenvalue weighted by molar-refractivity contribution is -0.145. The van der Waals surface area contributed by atoms with Crippen LogP contribution in [0, 0.1) is 11.8 Å². The summed E-state index contributed by atoms with van der Waals surface area (Å²) in [4.78, 5) is 37.4. The van der Waals surface area contributed by atoms with Gasteiger partial charge < -0.3 is 15.3 Å². The zero-order valence-electron chi connectivity index (χ0n) is 14.5. The number of nitrogens with zero attached hydrogens (tertiary/aromatic N) is 1. The van der Waals surface area contributed by atoms with Crippen molar-refractivity contribution < 1.29 is 19.5 Å². The van der Waals surface area contributed by atoms with Crippen LogP contribution >= 0.6 is 11.6 Å². The Morgan fingerprint density at radius 1 is 1.15 bits per heavy atom. The molecule has 1 aliphatic heterocycles. The normalized spacial score (nSPS) is 23.0. The van der Waals surface area contributed by atoms with E-state index in [1.807, 2.05) is 29.2 Å². The summed E-state index contributed by atoms with van der Waals surface area (Å²) < 4.78 is 0. The molecule has 0 radical (unpaired) electrons. The first-order valence-electron chi connectivity index (χ1n) is 8.98. The predicted molar refractivity (Wildman–Crippen MR) is 96.6 cm³/mol. The molecule has 2 aliphatic rings. The topological polar surface area (TPSA) is 86.7 Å². The Morgan fingerprint density at radius 3 is 2.46 bits per heavy atom. The molecule has 26 heavy (non-hydrogen) atoms. The van der Waals surface area contributed by atoms with Crippen LogP contribution in [0.3, 0.4) is 0 Å². The minimum absolute atomic E-state index is 0.00595. The maximum Gasteiger partial charge on any atom is 0.322 e. The minimum Gasteiger partial charge on any atom is -0.480 e. The van der Waals surface area contributed by atoms with Crippen LogP contribution < -0.4 is 5.32 Å². The summed E-state index contributed by atoms with van der Waals surface area (Å²) >= 11 is 5.98. The zero-order chi connectivity index (χ0) is 18.7. The fraction of sp³-hybridized carbons (Fsp3) is 0.526. The van der Waals surface area contributed by atoms with Gasteiger partial charge in [0.1, 0.15) is 6.54 Å². The van der Waals surface area contributed by atoms with Crippen molar-refractivity contribution in [1.29, 1.82) is 0 Å². The van der Waals surface area contributed by atoms with Crippen LogP contribution in [0.5, 0.6) is 0 Å². The van der Waals surface area contributed by atoms with Gasteiger partial charge in [-0.25, -0.2) is 0 Å². The number of halogens is 1. The van der Waals surface area contributed by atoms with Gasteiger partial charge in [0.05, 0.1) is 6.04 Å². The number of carbonyl (C=O) groups excluding carboxylic acids is 2. The highest BCUT2D eigenvalue weighted by Crippen LogP contribution is 2.39. The molecule has 3 rings (SSSR count). The average Bonchev–Trinajstić information content (AvgIpc) is 3.42. The third-order valence-corrected chi connectivity index (χ3v) is 5.32. The van der Waals surface area contributed by atoms with Gasteiger partial charge in [-0.05, 0) is 49.3 Å². The lowest BCUT2D eigenvalue weighted by Gasteiger charge is -2.40. The van der Waals surface area contributed by atoms with Crippen molar-refractivity contribution in [2.75, 3.05) is 13.1 Å².